The Morgan fingerprint density at radius 3 is 0.813 bits per heavy atom. The number of rotatable bonds is 66. The smallest absolute Gasteiger partial charge is 0.305 e. The highest BCUT2D eigenvalue weighted by atomic mass is 16.5. The molecule has 1 amide bonds. The SMILES string of the molecule is CCCCCCCCCCCCCCCCCCCCCCCCCCCC(O)C(CO)NC(=O)CCCCCCCCCCCCCCCCCCCCOC(=O)CCCCCCCCCCCCCCCCC. The minimum absolute atomic E-state index is 0.0120. The van der Waals surface area contributed by atoms with Crippen LogP contribution < -0.4 is 5.32 Å². The molecule has 0 aliphatic carbocycles. The van der Waals surface area contributed by atoms with E-state index in [1.54, 1.807) is 0 Å². The molecular formula is C69H137NO5. The van der Waals surface area contributed by atoms with Crippen molar-refractivity contribution in [3.63, 3.8) is 0 Å². The second kappa shape index (κ2) is 65.4. The maximum atomic E-state index is 12.6. The number of unbranched alkanes of at least 4 members (excludes halogenated alkanes) is 55. The van der Waals surface area contributed by atoms with Crippen molar-refractivity contribution in [2.45, 2.75) is 418 Å². The summed E-state index contributed by atoms with van der Waals surface area (Å²) in [6, 6.07) is -0.545. The second-order valence-electron chi connectivity index (χ2n) is 24.2. The molecule has 0 aromatic heterocycles. The van der Waals surface area contributed by atoms with Crippen molar-refractivity contribution in [1.29, 1.82) is 0 Å². The molecule has 0 aliphatic heterocycles. The molecule has 0 aromatic rings. The highest BCUT2D eigenvalue weighted by Crippen LogP contribution is 2.19. The Balaban J connectivity index is 3.38. The molecule has 0 bridgehead atoms. The first-order chi connectivity index (χ1) is 37.0. The maximum Gasteiger partial charge on any atom is 0.305 e. The zero-order valence-electron chi connectivity index (χ0n) is 51.3. The molecule has 6 nitrogen and oxygen atoms in total. The van der Waals surface area contributed by atoms with Gasteiger partial charge in [0.15, 0.2) is 0 Å². The van der Waals surface area contributed by atoms with Crippen LogP contribution in [0.3, 0.4) is 0 Å². The van der Waals surface area contributed by atoms with Crippen molar-refractivity contribution in [2.75, 3.05) is 13.2 Å². The van der Waals surface area contributed by atoms with E-state index >= 15 is 0 Å². The summed E-state index contributed by atoms with van der Waals surface area (Å²) < 4.78 is 5.49. The third kappa shape index (κ3) is 61.9. The summed E-state index contributed by atoms with van der Waals surface area (Å²) in [7, 11) is 0. The number of aliphatic hydroxyl groups is 2. The van der Waals surface area contributed by atoms with Gasteiger partial charge in [0, 0.05) is 12.8 Å². The fourth-order valence-corrected chi connectivity index (χ4v) is 11.4. The van der Waals surface area contributed by atoms with E-state index < -0.39 is 12.1 Å². The van der Waals surface area contributed by atoms with Gasteiger partial charge in [0.1, 0.15) is 0 Å². The summed E-state index contributed by atoms with van der Waals surface area (Å²) in [6.07, 6.45) is 78.5. The monoisotopic (exact) mass is 1060 g/mol. The van der Waals surface area contributed by atoms with E-state index in [2.05, 4.69) is 19.2 Å². The van der Waals surface area contributed by atoms with Crippen LogP contribution in [0.25, 0.3) is 0 Å². The molecular weight excluding hydrogens is 923 g/mol. The largest absolute Gasteiger partial charge is 0.466 e. The average Bonchev–Trinajstić information content (AvgIpc) is 3.41. The van der Waals surface area contributed by atoms with Gasteiger partial charge in [-0.15, -0.1) is 0 Å². The van der Waals surface area contributed by atoms with Crippen molar-refractivity contribution in [2.24, 2.45) is 0 Å². The molecule has 0 heterocycles. The van der Waals surface area contributed by atoms with E-state index in [4.69, 9.17) is 4.74 Å². The van der Waals surface area contributed by atoms with Crippen LogP contribution in [0.1, 0.15) is 406 Å². The average molecular weight is 1060 g/mol. The minimum atomic E-state index is -0.667. The van der Waals surface area contributed by atoms with Crippen LogP contribution in [0.15, 0.2) is 0 Å². The lowest BCUT2D eigenvalue weighted by Gasteiger charge is -2.22. The van der Waals surface area contributed by atoms with E-state index in [1.165, 1.54) is 334 Å². The first-order valence-electron chi connectivity index (χ1n) is 34.8. The number of esters is 1. The fourth-order valence-electron chi connectivity index (χ4n) is 11.4. The first kappa shape index (κ1) is 73.9. The second-order valence-corrected chi connectivity index (χ2v) is 24.2. The summed E-state index contributed by atoms with van der Waals surface area (Å²) >= 11 is 0. The molecule has 0 aliphatic rings. The number of aliphatic hydroxyl groups excluding tert-OH is 2. The van der Waals surface area contributed by atoms with Crippen molar-refractivity contribution < 1.29 is 24.5 Å². The predicted molar refractivity (Wildman–Crippen MR) is 329 cm³/mol. The third-order valence-electron chi connectivity index (χ3n) is 16.7. The highest BCUT2D eigenvalue weighted by Gasteiger charge is 2.20. The molecule has 2 unspecified atom stereocenters. The van der Waals surface area contributed by atoms with Gasteiger partial charge in [0.25, 0.3) is 0 Å². The molecule has 0 radical (unpaired) electrons. The van der Waals surface area contributed by atoms with E-state index in [0.717, 1.165) is 38.5 Å². The molecule has 448 valence electrons. The lowest BCUT2D eigenvalue weighted by Crippen LogP contribution is -2.45. The van der Waals surface area contributed by atoms with Gasteiger partial charge in [-0.2, -0.15) is 0 Å². The number of carbonyl (C=O) groups is 2. The number of carbonyl (C=O) groups excluding carboxylic acids is 2. The number of ether oxygens (including phenoxy) is 1. The van der Waals surface area contributed by atoms with Gasteiger partial charge in [-0.25, -0.2) is 0 Å². The summed E-state index contributed by atoms with van der Waals surface area (Å²) in [4.78, 5) is 24.6. The van der Waals surface area contributed by atoms with Crippen molar-refractivity contribution >= 4 is 11.9 Å². The number of nitrogens with one attached hydrogen (secondary N) is 1. The summed E-state index contributed by atoms with van der Waals surface area (Å²) in [5.41, 5.74) is 0. The quantitative estimate of drug-likeness (QED) is 0.0417. The van der Waals surface area contributed by atoms with Gasteiger partial charge in [-0.1, -0.05) is 367 Å². The molecule has 3 N–H and O–H groups in total. The topological polar surface area (TPSA) is 95.9 Å². The van der Waals surface area contributed by atoms with Crippen LogP contribution >= 0.6 is 0 Å². The molecule has 0 rings (SSSR count). The molecule has 0 aromatic carbocycles. The normalized spacial score (nSPS) is 12.4. The van der Waals surface area contributed by atoms with Gasteiger partial charge in [0.05, 0.1) is 25.4 Å². The van der Waals surface area contributed by atoms with Crippen LogP contribution in [0.5, 0.6) is 0 Å². The maximum absolute atomic E-state index is 12.6. The third-order valence-corrected chi connectivity index (χ3v) is 16.7. The number of hydrogen-bond donors (Lipinski definition) is 3. The predicted octanol–water partition coefficient (Wildman–Crippen LogP) is 22.2. The highest BCUT2D eigenvalue weighted by molar-refractivity contribution is 5.76. The number of amides is 1. The first-order valence-corrected chi connectivity index (χ1v) is 34.8. The molecule has 0 saturated carbocycles. The standard InChI is InChI=1S/C69H137NO5/c1-3-5-7-9-11-13-15-17-19-20-21-22-23-24-25-26-27-30-34-37-41-45-49-53-57-61-67(72)66(65-71)70-68(73)62-58-54-50-46-42-38-35-31-28-29-32-36-40-44-48-52-56-60-64-75-69(74)63-59-55-51-47-43-39-33-18-16-14-12-10-8-6-4-2/h66-67,71-72H,3-65H2,1-2H3,(H,70,73). The Morgan fingerprint density at radius 1 is 0.320 bits per heavy atom. The van der Waals surface area contributed by atoms with Gasteiger partial charge in [0.2, 0.25) is 5.91 Å². The van der Waals surface area contributed by atoms with Gasteiger partial charge in [-0.3, -0.25) is 9.59 Å². The fraction of sp³-hybridized carbons (Fsp3) is 0.971. The van der Waals surface area contributed by atoms with Gasteiger partial charge in [-0.05, 0) is 25.7 Å². The summed E-state index contributed by atoms with van der Waals surface area (Å²) in [5.74, 6) is -0.0209. The van der Waals surface area contributed by atoms with Gasteiger partial charge < -0.3 is 20.3 Å². The Morgan fingerprint density at radius 2 is 0.547 bits per heavy atom. The summed E-state index contributed by atoms with van der Waals surface area (Å²) in [6.45, 7) is 5.00. The molecule has 0 fully saturated rings. The Labute approximate surface area is 470 Å². The van der Waals surface area contributed by atoms with Crippen LogP contribution in [-0.2, 0) is 14.3 Å². The van der Waals surface area contributed by atoms with Gasteiger partial charge >= 0.3 is 5.97 Å². The van der Waals surface area contributed by atoms with Crippen LogP contribution in [-0.4, -0.2) is 47.4 Å². The minimum Gasteiger partial charge on any atom is -0.466 e. The lowest BCUT2D eigenvalue weighted by atomic mass is 10.0. The lowest BCUT2D eigenvalue weighted by molar-refractivity contribution is -0.143. The zero-order chi connectivity index (χ0) is 54.3. The van der Waals surface area contributed by atoms with E-state index in [-0.39, 0.29) is 18.5 Å². The molecule has 2 atom stereocenters. The summed E-state index contributed by atoms with van der Waals surface area (Å²) in [5, 5.41) is 23.4. The molecule has 75 heavy (non-hydrogen) atoms. The van der Waals surface area contributed by atoms with Crippen molar-refractivity contribution in [3.8, 4) is 0 Å². The Kier molecular flexibility index (Phi) is 64.4. The molecule has 0 spiro atoms. The van der Waals surface area contributed by atoms with Crippen LogP contribution in [0.2, 0.25) is 0 Å². The molecule has 0 saturated heterocycles. The zero-order valence-corrected chi connectivity index (χ0v) is 51.3. The number of hydrogen-bond acceptors (Lipinski definition) is 5. The van der Waals surface area contributed by atoms with E-state index in [1.807, 2.05) is 0 Å². The molecule has 6 heteroatoms. The Hall–Kier alpha value is -1.14. The van der Waals surface area contributed by atoms with E-state index in [0.29, 0.717) is 25.9 Å². The van der Waals surface area contributed by atoms with Crippen LogP contribution in [0.4, 0.5) is 0 Å². The van der Waals surface area contributed by atoms with E-state index in [9.17, 15) is 19.8 Å². The Bertz CT molecular complexity index is 1080. The van der Waals surface area contributed by atoms with Crippen LogP contribution in [0, 0.1) is 0 Å². The van der Waals surface area contributed by atoms with Crippen molar-refractivity contribution in [3.05, 3.63) is 0 Å². The van der Waals surface area contributed by atoms with Crippen molar-refractivity contribution in [1.82, 2.24) is 5.32 Å².